The van der Waals surface area contributed by atoms with Crippen molar-refractivity contribution in [2.24, 2.45) is 5.92 Å². The van der Waals surface area contributed by atoms with Crippen LogP contribution in [0.4, 0.5) is 39.5 Å². The maximum absolute atomic E-state index is 15.0. The fourth-order valence-electron chi connectivity index (χ4n) is 7.65. The lowest BCUT2D eigenvalue weighted by Gasteiger charge is -2.35. The molecule has 0 aliphatic heterocycles. The van der Waals surface area contributed by atoms with Crippen molar-refractivity contribution in [2.75, 3.05) is 21.3 Å². The first kappa shape index (κ1) is 48.0. The molecule has 0 spiro atoms. The quantitative estimate of drug-likeness (QED) is 0.0634. The zero-order chi connectivity index (χ0) is 47.8. The van der Waals surface area contributed by atoms with E-state index >= 15 is 26.3 Å². The molecule has 65 heavy (non-hydrogen) atoms. The number of furan rings is 1. The number of Topliss-reactive ketones (excluding diaryl/α,β-unsaturated/α-hetero) is 1. The Labute approximate surface area is 362 Å². The second-order valence-corrected chi connectivity index (χ2v) is 14.5. The van der Waals surface area contributed by atoms with Gasteiger partial charge in [-0.2, -0.15) is 39.5 Å². The molecule has 1 heterocycles. The average molecular weight is 923 g/mol. The smallest absolute Gasteiger partial charge is 0.432 e. The number of alkyl halides is 9. The molecule has 0 fully saturated rings. The summed E-state index contributed by atoms with van der Waals surface area (Å²) in [5, 5.41) is 0. The van der Waals surface area contributed by atoms with Crippen LogP contribution in [0.3, 0.4) is 0 Å². The summed E-state index contributed by atoms with van der Waals surface area (Å²) < 4.78 is 171. The van der Waals surface area contributed by atoms with Crippen LogP contribution in [0.2, 0.25) is 0 Å². The predicted octanol–water partition coefficient (Wildman–Crippen LogP) is 9.88. The van der Waals surface area contributed by atoms with Crippen LogP contribution in [0.15, 0.2) is 120 Å². The number of carbonyl (C=O) groups is 4. The van der Waals surface area contributed by atoms with Gasteiger partial charge in [0, 0.05) is 55.9 Å². The number of fused-ring (bicyclic) bond motifs is 1. The van der Waals surface area contributed by atoms with Crippen molar-refractivity contribution in [3.05, 3.63) is 143 Å². The molecule has 5 atom stereocenters. The van der Waals surface area contributed by atoms with Gasteiger partial charge >= 0.3 is 36.4 Å². The highest BCUT2D eigenvalue weighted by atomic mass is 19.4. The van der Waals surface area contributed by atoms with Crippen LogP contribution >= 0.6 is 0 Å². The fourth-order valence-corrected chi connectivity index (χ4v) is 7.65. The lowest BCUT2D eigenvalue weighted by molar-refractivity contribution is -0.279. The minimum absolute atomic E-state index is 0.438. The molecule has 1 aliphatic carbocycles. The number of methoxy groups -OCH3 is 3. The van der Waals surface area contributed by atoms with Crippen molar-refractivity contribution in [3.63, 3.8) is 0 Å². The molecule has 20 heteroatoms. The number of rotatable bonds is 13. The summed E-state index contributed by atoms with van der Waals surface area (Å²) in [6.07, 6.45) is -18.2. The SMILES string of the molecule is CO[C@@](C(=O)Oc1cccc(OC(=O)[C@](OC)(c2ccccc2)C(F)(F)F)c1-c1occ2c1C(=O)C[C@@H](C)[C@@H]2OC(=O)[C@](OC)(c1ccccc1)C(F)(F)F)(c1ccccc1)C(F)(F)F. The van der Waals surface area contributed by atoms with Gasteiger partial charge in [-0.15, -0.1) is 0 Å². The van der Waals surface area contributed by atoms with Crippen molar-refractivity contribution in [2.45, 2.75) is 54.8 Å². The molecule has 0 saturated carbocycles. The molecule has 0 N–H and O–H groups in total. The molecular weight excluding hydrogens is 887 g/mol. The molecule has 11 nitrogen and oxygen atoms in total. The highest BCUT2D eigenvalue weighted by Gasteiger charge is 2.67. The van der Waals surface area contributed by atoms with Crippen molar-refractivity contribution in [3.8, 4) is 22.8 Å². The third-order valence-corrected chi connectivity index (χ3v) is 10.8. The Kier molecular flexibility index (Phi) is 13.1. The van der Waals surface area contributed by atoms with Crippen LogP contribution in [0, 0.1) is 5.92 Å². The zero-order valence-electron chi connectivity index (χ0n) is 34.2. The number of ketones is 1. The van der Waals surface area contributed by atoms with Crippen molar-refractivity contribution in [1.82, 2.24) is 0 Å². The first-order valence-corrected chi connectivity index (χ1v) is 19.0. The number of benzene rings is 4. The Morgan fingerprint density at radius 3 is 1.26 bits per heavy atom. The van der Waals surface area contributed by atoms with Gasteiger partial charge in [0.25, 0.3) is 16.8 Å². The topological polar surface area (TPSA) is 137 Å². The predicted molar refractivity (Wildman–Crippen MR) is 206 cm³/mol. The number of hydrogen-bond donors (Lipinski definition) is 0. The van der Waals surface area contributed by atoms with Gasteiger partial charge in [0.1, 0.15) is 23.2 Å². The molecule has 1 aliphatic rings. The zero-order valence-corrected chi connectivity index (χ0v) is 34.2. The van der Waals surface area contributed by atoms with Crippen LogP contribution in [-0.4, -0.2) is 63.5 Å². The molecule has 0 radical (unpaired) electrons. The van der Waals surface area contributed by atoms with Gasteiger partial charge in [-0.25, -0.2) is 14.4 Å². The number of carbonyl (C=O) groups excluding carboxylic acids is 4. The minimum Gasteiger partial charge on any atom is -0.463 e. The van der Waals surface area contributed by atoms with Crippen molar-refractivity contribution >= 4 is 23.7 Å². The molecular formula is C45H35F9O11. The Balaban J connectivity index is 1.56. The van der Waals surface area contributed by atoms with Crippen LogP contribution in [0.25, 0.3) is 11.3 Å². The standard InChI is InChI=1S/C45H35F9O11/c1-25-23-30(55)33-29(35(25)65-39(58)42(61-4,45(52,53)54)28-19-12-7-13-20-28)24-62-36(33)34-31(63-37(56)40(59-2,43(46,47)48)26-15-8-5-9-16-26)21-14-22-32(34)64-38(57)41(60-3,44(49,50)51)27-17-10-6-11-18-27/h5-22,24-25,35H,23H2,1-4H3/t25-,35+,40-,41-,42-/m1/s1. The lowest BCUT2D eigenvalue weighted by atomic mass is 9.81. The van der Waals surface area contributed by atoms with Gasteiger partial charge in [-0.3, -0.25) is 4.79 Å². The molecule has 0 amide bonds. The number of hydrogen-bond acceptors (Lipinski definition) is 11. The number of esters is 3. The molecule has 0 saturated heterocycles. The summed E-state index contributed by atoms with van der Waals surface area (Å²) in [6, 6.07) is 19.1. The first-order chi connectivity index (χ1) is 30.6. The van der Waals surface area contributed by atoms with E-state index in [-0.39, 0.29) is 0 Å². The summed E-state index contributed by atoms with van der Waals surface area (Å²) in [5.41, 5.74) is -15.7. The van der Waals surface area contributed by atoms with Gasteiger partial charge in [-0.1, -0.05) is 104 Å². The largest absolute Gasteiger partial charge is 0.463 e. The third kappa shape index (κ3) is 8.03. The van der Waals surface area contributed by atoms with E-state index in [1.54, 1.807) is 0 Å². The maximum atomic E-state index is 15.0. The minimum atomic E-state index is -5.56. The van der Waals surface area contributed by atoms with E-state index in [1.807, 2.05) is 0 Å². The summed E-state index contributed by atoms with van der Waals surface area (Å²) in [5.74, 6) is -11.3. The van der Waals surface area contributed by atoms with E-state index in [1.165, 1.54) is 37.3 Å². The Morgan fingerprint density at radius 2 is 0.908 bits per heavy atom. The summed E-state index contributed by atoms with van der Waals surface area (Å²) in [6.45, 7) is 1.33. The van der Waals surface area contributed by atoms with Crippen LogP contribution in [0.1, 0.15) is 52.1 Å². The van der Waals surface area contributed by atoms with E-state index < -0.39 is 128 Å². The lowest BCUT2D eigenvalue weighted by Crippen LogP contribution is -2.53. The van der Waals surface area contributed by atoms with Gasteiger partial charge in [-0.05, 0) is 12.1 Å². The van der Waals surface area contributed by atoms with E-state index in [0.717, 1.165) is 85.1 Å². The molecule has 0 bridgehead atoms. The maximum Gasteiger partial charge on any atom is 0.432 e. The van der Waals surface area contributed by atoms with E-state index in [9.17, 15) is 32.3 Å². The second-order valence-electron chi connectivity index (χ2n) is 14.5. The first-order valence-electron chi connectivity index (χ1n) is 19.0. The van der Waals surface area contributed by atoms with Gasteiger partial charge in [0.05, 0.1) is 11.8 Å². The molecule has 5 aromatic rings. The Hall–Kier alpha value is -6.51. The van der Waals surface area contributed by atoms with Gasteiger partial charge in [0.15, 0.2) is 11.5 Å². The van der Waals surface area contributed by atoms with Crippen LogP contribution < -0.4 is 9.47 Å². The van der Waals surface area contributed by atoms with Gasteiger partial charge in [0.2, 0.25) is 0 Å². The highest BCUT2D eigenvalue weighted by molar-refractivity contribution is 6.05. The Morgan fingerprint density at radius 1 is 0.538 bits per heavy atom. The Bertz CT molecular complexity index is 2440. The van der Waals surface area contributed by atoms with Crippen LogP contribution in [0.5, 0.6) is 11.5 Å². The number of ether oxygens (including phenoxy) is 6. The van der Waals surface area contributed by atoms with Crippen molar-refractivity contribution in [1.29, 1.82) is 0 Å². The summed E-state index contributed by atoms with van der Waals surface area (Å²) >= 11 is 0. The van der Waals surface area contributed by atoms with E-state index in [0.29, 0.717) is 21.3 Å². The van der Waals surface area contributed by atoms with E-state index in [4.69, 9.17) is 32.8 Å². The monoisotopic (exact) mass is 922 g/mol. The highest BCUT2D eigenvalue weighted by Crippen LogP contribution is 2.52. The normalized spacial score (nSPS) is 18.3. The fraction of sp³-hybridized carbons (Fsp3) is 0.289. The molecule has 1 aromatic heterocycles. The van der Waals surface area contributed by atoms with E-state index in [2.05, 4.69) is 0 Å². The van der Waals surface area contributed by atoms with Crippen LogP contribution in [-0.2, 0) is 50.1 Å². The van der Waals surface area contributed by atoms with Crippen molar-refractivity contribution < 1.29 is 91.5 Å². The second kappa shape index (κ2) is 17.8. The molecule has 0 unspecified atom stereocenters. The van der Waals surface area contributed by atoms with Gasteiger partial charge < -0.3 is 32.8 Å². The molecule has 4 aromatic carbocycles. The number of halogens is 9. The molecule has 344 valence electrons. The average Bonchev–Trinajstić information content (AvgIpc) is 3.69. The third-order valence-electron chi connectivity index (χ3n) is 10.8. The summed E-state index contributed by atoms with van der Waals surface area (Å²) in [7, 11) is 1.71. The summed E-state index contributed by atoms with van der Waals surface area (Å²) in [4.78, 5) is 55.7. The molecule has 6 rings (SSSR count).